The fraction of sp³-hybridized carbons (Fsp3) is 0.357. The molecule has 112 valence electrons. The van der Waals surface area contributed by atoms with Gasteiger partial charge in [-0.3, -0.25) is 9.48 Å². The van der Waals surface area contributed by atoms with Crippen LogP contribution >= 0.6 is 11.3 Å². The predicted octanol–water partition coefficient (Wildman–Crippen LogP) is 2.70. The molecule has 0 aliphatic heterocycles. The van der Waals surface area contributed by atoms with Crippen LogP contribution in [0.3, 0.4) is 0 Å². The van der Waals surface area contributed by atoms with Crippen LogP contribution in [0.25, 0.3) is 0 Å². The minimum atomic E-state index is -0.362. The SMILES string of the molecule is CCOC(=O)c1sc(NC(=O)c2cnn(CC)c2)cc1C. The Morgan fingerprint density at radius 2 is 2.19 bits per heavy atom. The summed E-state index contributed by atoms with van der Waals surface area (Å²) in [6.07, 6.45) is 3.20. The van der Waals surface area contributed by atoms with Crippen LogP contribution in [0.2, 0.25) is 0 Å². The fourth-order valence-electron chi connectivity index (χ4n) is 1.78. The van der Waals surface area contributed by atoms with Gasteiger partial charge in [-0.25, -0.2) is 4.79 Å². The molecule has 6 nitrogen and oxygen atoms in total. The lowest BCUT2D eigenvalue weighted by Gasteiger charge is -2.00. The second-order valence-corrected chi connectivity index (χ2v) is 5.43. The molecule has 1 N–H and O–H groups in total. The van der Waals surface area contributed by atoms with Crippen LogP contribution in [0.15, 0.2) is 18.5 Å². The Labute approximate surface area is 126 Å². The normalized spacial score (nSPS) is 10.4. The summed E-state index contributed by atoms with van der Waals surface area (Å²) in [6.45, 7) is 6.55. The van der Waals surface area contributed by atoms with Gasteiger partial charge in [0.05, 0.1) is 23.4 Å². The van der Waals surface area contributed by atoms with E-state index in [1.165, 1.54) is 17.5 Å². The van der Waals surface area contributed by atoms with Crippen LogP contribution in [0.5, 0.6) is 0 Å². The van der Waals surface area contributed by atoms with Crippen molar-refractivity contribution in [3.8, 4) is 0 Å². The zero-order valence-electron chi connectivity index (χ0n) is 12.2. The molecular weight excluding hydrogens is 290 g/mol. The maximum atomic E-state index is 12.1. The molecule has 0 saturated carbocycles. The standard InChI is InChI=1S/C14H17N3O3S/c1-4-17-8-10(7-15-17)13(18)16-11-6-9(3)12(21-11)14(19)20-5-2/h6-8H,4-5H2,1-3H3,(H,16,18). The van der Waals surface area contributed by atoms with E-state index in [0.717, 1.165) is 5.56 Å². The monoisotopic (exact) mass is 307 g/mol. The van der Waals surface area contributed by atoms with Gasteiger partial charge >= 0.3 is 5.97 Å². The van der Waals surface area contributed by atoms with Crippen molar-refractivity contribution in [3.63, 3.8) is 0 Å². The Morgan fingerprint density at radius 1 is 1.43 bits per heavy atom. The van der Waals surface area contributed by atoms with Crippen LogP contribution in [0.4, 0.5) is 5.00 Å². The summed E-state index contributed by atoms with van der Waals surface area (Å²) in [5, 5.41) is 7.45. The Morgan fingerprint density at radius 3 is 2.81 bits per heavy atom. The van der Waals surface area contributed by atoms with Gasteiger partial charge in [-0.2, -0.15) is 5.10 Å². The van der Waals surface area contributed by atoms with Crippen LogP contribution in [-0.2, 0) is 11.3 Å². The molecule has 0 aliphatic carbocycles. The predicted molar refractivity (Wildman–Crippen MR) is 80.9 cm³/mol. The number of anilines is 1. The quantitative estimate of drug-likeness (QED) is 0.862. The van der Waals surface area contributed by atoms with E-state index in [9.17, 15) is 9.59 Å². The Balaban J connectivity index is 2.11. The maximum Gasteiger partial charge on any atom is 0.348 e. The van der Waals surface area contributed by atoms with Gasteiger partial charge < -0.3 is 10.1 Å². The summed E-state index contributed by atoms with van der Waals surface area (Å²) in [5.74, 6) is -0.606. The number of carbonyl (C=O) groups is 2. The number of aryl methyl sites for hydroxylation is 2. The van der Waals surface area contributed by atoms with Gasteiger partial charge in [-0.05, 0) is 32.4 Å². The fourth-order valence-corrected chi connectivity index (χ4v) is 2.74. The molecule has 0 aromatic carbocycles. The molecule has 0 fully saturated rings. The number of nitrogens with one attached hydrogen (secondary N) is 1. The first-order valence-electron chi connectivity index (χ1n) is 6.66. The smallest absolute Gasteiger partial charge is 0.348 e. The minimum Gasteiger partial charge on any atom is -0.462 e. The van der Waals surface area contributed by atoms with Gasteiger partial charge in [0.25, 0.3) is 5.91 Å². The zero-order chi connectivity index (χ0) is 15.4. The van der Waals surface area contributed by atoms with E-state index >= 15 is 0 Å². The lowest BCUT2D eigenvalue weighted by molar-refractivity contribution is 0.0531. The van der Waals surface area contributed by atoms with Crippen LogP contribution in [-0.4, -0.2) is 28.3 Å². The van der Waals surface area contributed by atoms with Crippen LogP contribution in [0, 0.1) is 6.92 Å². The molecule has 1 amide bonds. The number of carbonyl (C=O) groups excluding carboxylic acids is 2. The van der Waals surface area contributed by atoms with Crippen molar-refractivity contribution in [2.24, 2.45) is 0 Å². The molecule has 0 atom stereocenters. The summed E-state index contributed by atoms with van der Waals surface area (Å²) in [4.78, 5) is 24.3. The van der Waals surface area contributed by atoms with Gasteiger partial charge in [0, 0.05) is 12.7 Å². The molecule has 0 saturated heterocycles. The van der Waals surface area contributed by atoms with Gasteiger partial charge in [0.1, 0.15) is 4.88 Å². The molecule has 0 radical (unpaired) electrons. The second kappa shape index (κ2) is 6.53. The van der Waals surface area contributed by atoms with Crippen molar-refractivity contribution in [3.05, 3.63) is 34.5 Å². The van der Waals surface area contributed by atoms with E-state index in [0.29, 0.717) is 28.6 Å². The van der Waals surface area contributed by atoms with Crippen molar-refractivity contribution in [2.45, 2.75) is 27.3 Å². The third-order valence-corrected chi connectivity index (χ3v) is 3.97. The van der Waals surface area contributed by atoms with E-state index in [1.54, 1.807) is 23.9 Å². The highest BCUT2D eigenvalue weighted by atomic mass is 32.1. The Hall–Kier alpha value is -2.15. The second-order valence-electron chi connectivity index (χ2n) is 4.38. The number of thiophene rings is 1. The molecule has 2 aromatic heterocycles. The highest BCUT2D eigenvalue weighted by molar-refractivity contribution is 7.18. The first-order valence-corrected chi connectivity index (χ1v) is 7.48. The molecule has 2 heterocycles. The maximum absolute atomic E-state index is 12.1. The highest BCUT2D eigenvalue weighted by Crippen LogP contribution is 2.27. The number of aromatic nitrogens is 2. The van der Waals surface area contributed by atoms with E-state index < -0.39 is 0 Å². The largest absolute Gasteiger partial charge is 0.462 e. The first-order chi connectivity index (χ1) is 10.0. The van der Waals surface area contributed by atoms with Gasteiger partial charge in [-0.15, -0.1) is 11.3 Å². The Bertz CT molecular complexity index is 660. The molecule has 0 unspecified atom stereocenters. The highest BCUT2D eigenvalue weighted by Gasteiger charge is 2.16. The molecule has 21 heavy (non-hydrogen) atoms. The molecule has 0 bridgehead atoms. The van der Waals surface area contributed by atoms with E-state index in [-0.39, 0.29) is 11.9 Å². The van der Waals surface area contributed by atoms with Crippen molar-refractivity contribution in [2.75, 3.05) is 11.9 Å². The van der Waals surface area contributed by atoms with Crippen LogP contribution in [0.1, 0.15) is 39.4 Å². The first kappa shape index (κ1) is 15.2. The lowest BCUT2D eigenvalue weighted by Crippen LogP contribution is -2.10. The third kappa shape index (κ3) is 3.49. The summed E-state index contributed by atoms with van der Waals surface area (Å²) in [6, 6.07) is 1.76. The molecule has 0 spiro atoms. The van der Waals surface area contributed by atoms with Gasteiger partial charge in [0.15, 0.2) is 0 Å². The minimum absolute atomic E-state index is 0.244. The van der Waals surface area contributed by atoms with Crippen molar-refractivity contribution < 1.29 is 14.3 Å². The molecule has 0 aliphatic rings. The average molecular weight is 307 g/mol. The third-order valence-electron chi connectivity index (χ3n) is 2.83. The molecular formula is C14H17N3O3S. The van der Waals surface area contributed by atoms with Crippen LogP contribution < -0.4 is 5.32 Å². The van der Waals surface area contributed by atoms with Gasteiger partial charge in [-0.1, -0.05) is 0 Å². The number of hydrogen-bond acceptors (Lipinski definition) is 5. The molecule has 2 rings (SSSR count). The summed E-state index contributed by atoms with van der Waals surface area (Å²) < 4.78 is 6.65. The summed E-state index contributed by atoms with van der Waals surface area (Å²) in [5.41, 5.74) is 1.28. The topological polar surface area (TPSA) is 73.2 Å². The van der Waals surface area contributed by atoms with E-state index in [2.05, 4.69) is 10.4 Å². The molecule has 7 heteroatoms. The number of nitrogens with zero attached hydrogens (tertiary/aromatic N) is 2. The number of ether oxygens (including phenoxy) is 1. The number of rotatable bonds is 5. The number of esters is 1. The Kier molecular flexibility index (Phi) is 4.74. The summed E-state index contributed by atoms with van der Waals surface area (Å²) in [7, 11) is 0. The average Bonchev–Trinajstić information content (AvgIpc) is 3.05. The summed E-state index contributed by atoms with van der Waals surface area (Å²) >= 11 is 1.21. The van der Waals surface area contributed by atoms with E-state index in [1.807, 2.05) is 13.8 Å². The lowest BCUT2D eigenvalue weighted by atomic mass is 10.3. The molecule has 2 aromatic rings. The van der Waals surface area contributed by atoms with Crippen molar-refractivity contribution in [1.82, 2.24) is 9.78 Å². The van der Waals surface area contributed by atoms with E-state index in [4.69, 9.17) is 4.74 Å². The number of amides is 1. The zero-order valence-corrected chi connectivity index (χ0v) is 13.0. The van der Waals surface area contributed by atoms with Crippen molar-refractivity contribution >= 4 is 28.2 Å². The van der Waals surface area contributed by atoms with Gasteiger partial charge in [0.2, 0.25) is 0 Å². The van der Waals surface area contributed by atoms with Crippen molar-refractivity contribution in [1.29, 1.82) is 0 Å². The number of hydrogen-bond donors (Lipinski definition) is 1.